The molecule has 3 rings (SSSR count). The van der Waals surface area contributed by atoms with Crippen LogP contribution in [0, 0.1) is 5.92 Å². The van der Waals surface area contributed by atoms with E-state index < -0.39 is 0 Å². The second kappa shape index (κ2) is 16.7. The summed E-state index contributed by atoms with van der Waals surface area (Å²) in [5.74, 6) is 3.06. The minimum Gasteiger partial charge on any atom is -0.494 e. The molecule has 0 radical (unpaired) electrons. The lowest BCUT2D eigenvalue weighted by Gasteiger charge is -2.09. The molecule has 0 saturated heterocycles. The van der Waals surface area contributed by atoms with Crippen molar-refractivity contribution in [3.05, 3.63) is 55.0 Å². The maximum atomic E-state index is 5.92. The van der Waals surface area contributed by atoms with Crippen LogP contribution in [0.4, 0.5) is 0 Å². The van der Waals surface area contributed by atoms with Gasteiger partial charge in [-0.05, 0) is 42.5 Å². The Hall–Kier alpha value is -2.95. The maximum Gasteiger partial charge on any atom is 0.213 e. The van der Waals surface area contributed by atoms with Crippen LogP contribution in [0.3, 0.4) is 0 Å². The molecule has 5 heteroatoms. The van der Waals surface area contributed by atoms with Crippen molar-refractivity contribution in [2.24, 2.45) is 5.92 Å². The van der Waals surface area contributed by atoms with Gasteiger partial charge in [-0.15, -0.1) is 0 Å². The summed E-state index contributed by atoms with van der Waals surface area (Å²) in [5.41, 5.74) is 2.93. The van der Waals surface area contributed by atoms with Gasteiger partial charge in [0.25, 0.3) is 0 Å². The molecule has 0 aliphatic rings. The van der Waals surface area contributed by atoms with E-state index in [2.05, 4.69) is 47.9 Å². The lowest BCUT2D eigenvalue weighted by Crippen LogP contribution is -1.99. The van der Waals surface area contributed by atoms with Crippen LogP contribution >= 0.6 is 0 Å². The fourth-order valence-corrected chi connectivity index (χ4v) is 4.19. The number of unbranched alkanes of at least 4 members (excludes halogenated alkanes) is 7. The molecule has 1 atom stereocenters. The number of rotatable bonds is 18. The average Bonchev–Trinajstić information content (AvgIpc) is 2.95. The van der Waals surface area contributed by atoms with Crippen molar-refractivity contribution in [2.45, 2.75) is 91.4 Å². The highest BCUT2D eigenvalue weighted by Crippen LogP contribution is 2.24. The van der Waals surface area contributed by atoms with E-state index in [0.717, 1.165) is 47.8 Å². The third-order valence-corrected chi connectivity index (χ3v) is 6.89. The minimum absolute atomic E-state index is 0.655. The summed E-state index contributed by atoms with van der Waals surface area (Å²) in [5, 5.41) is 0. The lowest BCUT2D eigenvalue weighted by atomic mass is 10.0. The summed E-state index contributed by atoms with van der Waals surface area (Å²) < 4.78 is 11.7. The first-order valence-electron chi connectivity index (χ1n) is 14.3. The van der Waals surface area contributed by atoms with E-state index in [1.165, 1.54) is 57.8 Å². The van der Waals surface area contributed by atoms with Crippen molar-refractivity contribution < 1.29 is 9.47 Å². The second-order valence-electron chi connectivity index (χ2n) is 10.0. The molecule has 200 valence electrons. The largest absolute Gasteiger partial charge is 0.494 e. The number of nitrogens with zero attached hydrogens (tertiary/aromatic N) is 3. The van der Waals surface area contributed by atoms with Crippen molar-refractivity contribution in [3.63, 3.8) is 0 Å². The number of pyridine rings is 1. The molecule has 0 aliphatic carbocycles. The summed E-state index contributed by atoms with van der Waals surface area (Å²) in [6.07, 6.45) is 19.2. The van der Waals surface area contributed by atoms with Crippen molar-refractivity contribution in [1.29, 1.82) is 0 Å². The molecule has 1 unspecified atom stereocenters. The predicted molar refractivity (Wildman–Crippen MR) is 153 cm³/mol. The van der Waals surface area contributed by atoms with Crippen LogP contribution in [0.15, 0.2) is 55.0 Å². The Morgan fingerprint density at radius 2 is 1.24 bits per heavy atom. The van der Waals surface area contributed by atoms with Crippen LogP contribution in [0.5, 0.6) is 11.6 Å². The Bertz CT molecular complexity index is 988. The van der Waals surface area contributed by atoms with E-state index in [0.29, 0.717) is 18.3 Å². The van der Waals surface area contributed by atoms with Gasteiger partial charge in [-0.1, -0.05) is 90.7 Å². The Labute approximate surface area is 224 Å². The molecular formula is C32H45N3O2. The minimum atomic E-state index is 0.655. The monoisotopic (exact) mass is 503 g/mol. The summed E-state index contributed by atoms with van der Waals surface area (Å²) in [7, 11) is 0. The van der Waals surface area contributed by atoms with Crippen LogP contribution in [0.1, 0.15) is 91.4 Å². The van der Waals surface area contributed by atoms with E-state index in [9.17, 15) is 0 Å². The van der Waals surface area contributed by atoms with Gasteiger partial charge in [-0.2, -0.15) is 0 Å². The lowest BCUT2D eigenvalue weighted by molar-refractivity contribution is 0.293. The highest BCUT2D eigenvalue weighted by Gasteiger charge is 2.06. The van der Waals surface area contributed by atoms with Crippen LogP contribution in [0.2, 0.25) is 0 Å². The summed E-state index contributed by atoms with van der Waals surface area (Å²) in [6.45, 7) is 8.32. The molecule has 0 aliphatic heterocycles. The summed E-state index contributed by atoms with van der Waals surface area (Å²) >= 11 is 0. The average molecular weight is 504 g/mol. The third-order valence-electron chi connectivity index (χ3n) is 6.89. The fraction of sp³-hybridized carbons (Fsp3) is 0.531. The van der Waals surface area contributed by atoms with Crippen LogP contribution in [-0.4, -0.2) is 28.2 Å². The van der Waals surface area contributed by atoms with Gasteiger partial charge in [-0.25, -0.2) is 15.0 Å². The molecule has 0 bridgehead atoms. The number of ether oxygens (including phenoxy) is 2. The number of aromatic nitrogens is 3. The van der Waals surface area contributed by atoms with Crippen LogP contribution in [-0.2, 0) is 0 Å². The molecule has 37 heavy (non-hydrogen) atoms. The second-order valence-corrected chi connectivity index (χ2v) is 10.0. The fourth-order valence-electron chi connectivity index (χ4n) is 4.19. The molecule has 0 N–H and O–H groups in total. The van der Waals surface area contributed by atoms with Gasteiger partial charge in [0.2, 0.25) is 5.88 Å². The molecule has 0 spiro atoms. The third kappa shape index (κ3) is 10.5. The van der Waals surface area contributed by atoms with Gasteiger partial charge in [0.05, 0.1) is 13.2 Å². The number of hydrogen-bond donors (Lipinski definition) is 0. The zero-order valence-electron chi connectivity index (χ0n) is 23.1. The SMILES string of the molecule is CCCCCCCCOc1ccc(-c2ncc(-c3ccc(OCCCCCC(C)CC)cc3)cn2)cn1. The van der Waals surface area contributed by atoms with E-state index in [4.69, 9.17) is 9.47 Å². The molecular weight excluding hydrogens is 458 g/mol. The first-order chi connectivity index (χ1) is 18.2. The van der Waals surface area contributed by atoms with E-state index >= 15 is 0 Å². The topological polar surface area (TPSA) is 57.1 Å². The van der Waals surface area contributed by atoms with Crippen molar-refractivity contribution >= 4 is 0 Å². The molecule has 5 nitrogen and oxygen atoms in total. The molecule has 2 heterocycles. The van der Waals surface area contributed by atoms with Crippen molar-refractivity contribution in [1.82, 2.24) is 15.0 Å². The molecule has 2 aromatic heterocycles. The van der Waals surface area contributed by atoms with Crippen molar-refractivity contribution in [3.8, 4) is 34.1 Å². The molecule has 0 amide bonds. The van der Waals surface area contributed by atoms with Crippen molar-refractivity contribution in [2.75, 3.05) is 13.2 Å². The summed E-state index contributed by atoms with van der Waals surface area (Å²) in [6, 6.07) is 12.0. The van der Waals surface area contributed by atoms with Gasteiger partial charge in [0.1, 0.15) is 5.75 Å². The van der Waals surface area contributed by atoms with Gasteiger partial charge in [0.15, 0.2) is 5.82 Å². The number of hydrogen-bond acceptors (Lipinski definition) is 5. The Kier molecular flexibility index (Phi) is 12.9. The van der Waals surface area contributed by atoms with E-state index in [1.807, 2.05) is 36.7 Å². The molecule has 0 saturated carbocycles. The van der Waals surface area contributed by atoms with Gasteiger partial charge in [0, 0.05) is 35.8 Å². The van der Waals surface area contributed by atoms with Gasteiger partial charge >= 0.3 is 0 Å². The first-order valence-corrected chi connectivity index (χ1v) is 14.3. The van der Waals surface area contributed by atoms with E-state index in [-0.39, 0.29) is 0 Å². The first kappa shape index (κ1) is 28.6. The highest BCUT2D eigenvalue weighted by atomic mass is 16.5. The Balaban J connectivity index is 1.41. The zero-order chi connectivity index (χ0) is 26.1. The standard InChI is InChI=1S/C32H45N3O2/c1-4-6-7-8-9-12-22-37-31-20-17-28(23-33-31)32-34-24-29(25-35-32)27-15-18-30(19-16-27)36-21-13-10-11-14-26(3)5-2/h15-20,23-26H,4-14,21-22H2,1-3H3. The van der Waals surface area contributed by atoms with Gasteiger partial charge in [-0.3, -0.25) is 0 Å². The predicted octanol–water partition coefficient (Wildman–Crippen LogP) is 8.93. The Morgan fingerprint density at radius 3 is 1.92 bits per heavy atom. The van der Waals surface area contributed by atoms with Crippen LogP contribution in [0.25, 0.3) is 22.5 Å². The quantitative estimate of drug-likeness (QED) is 0.162. The summed E-state index contributed by atoms with van der Waals surface area (Å²) in [4.78, 5) is 13.6. The zero-order valence-corrected chi connectivity index (χ0v) is 23.1. The Morgan fingerprint density at radius 1 is 0.622 bits per heavy atom. The number of benzene rings is 1. The molecule has 1 aromatic carbocycles. The van der Waals surface area contributed by atoms with E-state index in [1.54, 1.807) is 6.20 Å². The molecule has 0 fully saturated rings. The van der Waals surface area contributed by atoms with Crippen LogP contribution < -0.4 is 9.47 Å². The highest BCUT2D eigenvalue weighted by molar-refractivity contribution is 5.64. The molecule has 3 aromatic rings. The van der Waals surface area contributed by atoms with Gasteiger partial charge < -0.3 is 9.47 Å². The normalized spacial score (nSPS) is 11.9. The maximum absolute atomic E-state index is 5.92. The smallest absolute Gasteiger partial charge is 0.213 e.